The fourth-order valence-electron chi connectivity index (χ4n) is 5.03. The second kappa shape index (κ2) is 12.7. The Morgan fingerprint density at radius 2 is 2.03 bits per heavy atom. The summed E-state index contributed by atoms with van der Waals surface area (Å²) in [4.78, 5) is 27.9. The SMILES string of the molecule is C[C@@H]1CN([C@H](C)CO)C(=O)c2cc(NC(=O)NC3CCCCC3)ccc2O[C@@H]1CN(C)S(=O)(=O)c1cccs1.[HH].[HH].[HH]. The molecule has 1 saturated carbocycles. The number of ether oxygens (including phenoxy) is 1. The molecule has 1 aliphatic carbocycles. The molecule has 1 aliphatic heterocycles. The lowest BCUT2D eigenvalue weighted by molar-refractivity contribution is 0.0387. The summed E-state index contributed by atoms with van der Waals surface area (Å²) in [5.41, 5.74) is 0.685. The number of carbonyl (C=O) groups is 2. The average molecular weight is 585 g/mol. The van der Waals surface area contributed by atoms with Crippen LogP contribution in [0.25, 0.3) is 0 Å². The van der Waals surface area contributed by atoms with Crippen LogP contribution in [-0.2, 0) is 10.0 Å². The van der Waals surface area contributed by atoms with Crippen LogP contribution in [0.3, 0.4) is 0 Å². The summed E-state index contributed by atoms with van der Waals surface area (Å²) in [5, 5.41) is 17.4. The Kier molecular flexibility index (Phi) is 9.52. The van der Waals surface area contributed by atoms with E-state index >= 15 is 0 Å². The highest BCUT2D eigenvalue weighted by molar-refractivity contribution is 7.91. The van der Waals surface area contributed by atoms with Crippen molar-refractivity contribution in [2.45, 2.75) is 68.3 Å². The van der Waals surface area contributed by atoms with E-state index in [1.54, 1.807) is 47.5 Å². The first kappa shape index (κ1) is 29.3. The molecule has 2 aromatic rings. The minimum absolute atomic E-state index is 0. The summed E-state index contributed by atoms with van der Waals surface area (Å²) in [6, 6.07) is 7.48. The Morgan fingerprint density at radius 1 is 1.28 bits per heavy atom. The fourth-order valence-corrected chi connectivity index (χ4v) is 7.42. The molecule has 1 aromatic carbocycles. The van der Waals surface area contributed by atoms with Crippen molar-refractivity contribution in [3.63, 3.8) is 0 Å². The lowest BCUT2D eigenvalue weighted by Crippen LogP contribution is -2.50. The van der Waals surface area contributed by atoms with Gasteiger partial charge in [-0.25, -0.2) is 13.2 Å². The minimum Gasteiger partial charge on any atom is -0.488 e. The van der Waals surface area contributed by atoms with Crippen molar-refractivity contribution in [1.82, 2.24) is 14.5 Å². The van der Waals surface area contributed by atoms with E-state index in [1.807, 2.05) is 6.92 Å². The number of hydrogen-bond acceptors (Lipinski definition) is 7. The first-order valence-corrected chi connectivity index (χ1v) is 15.7. The maximum Gasteiger partial charge on any atom is 0.319 e. The van der Waals surface area contributed by atoms with Crippen molar-refractivity contribution in [2.75, 3.05) is 32.1 Å². The Morgan fingerprint density at radius 3 is 2.69 bits per heavy atom. The highest BCUT2D eigenvalue weighted by atomic mass is 32.2. The smallest absolute Gasteiger partial charge is 0.319 e. The molecule has 2 heterocycles. The van der Waals surface area contributed by atoms with Crippen LogP contribution >= 0.6 is 11.3 Å². The molecule has 1 fully saturated rings. The van der Waals surface area contributed by atoms with Crippen LogP contribution in [0, 0.1) is 5.92 Å². The van der Waals surface area contributed by atoms with Gasteiger partial charge in [0.05, 0.1) is 24.8 Å². The molecule has 0 spiro atoms. The topological polar surface area (TPSA) is 128 Å². The number of nitrogens with zero attached hydrogens (tertiary/aromatic N) is 2. The summed E-state index contributed by atoms with van der Waals surface area (Å²) in [5.74, 6) is -0.268. The number of aliphatic hydroxyl groups is 1. The molecule has 3 amide bonds. The quantitative estimate of drug-likeness (QED) is 0.420. The minimum atomic E-state index is -3.70. The Labute approximate surface area is 238 Å². The van der Waals surface area contributed by atoms with E-state index in [4.69, 9.17) is 4.74 Å². The Balaban J connectivity index is 0.00000294. The number of likely N-dealkylation sites (N-methyl/N-ethyl adjacent to an activating group) is 1. The standard InChI is InChI=1S/C27H38N4O6S2.3H2/c1-18-15-31(19(2)17-32)26(33)22-14-21(29-27(34)28-20-8-5-4-6-9-20)11-12-23(22)37-24(18)16-30(3)39(35,36)25-10-7-13-38-25;;;/h7,10-14,18-20,24,32H,4-6,8-9,15-17H2,1-3H3,(H2,28,29,34);3*1H/t18-,19-,24-;;;/m1.../s1. The number of thiophene rings is 1. The third kappa shape index (κ3) is 6.92. The largest absolute Gasteiger partial charge is 0.488 e. The fraction of sp³-hybridized carbons (Fsp3) is 0.556. The lowest BCUT2D eigenvalue weighted by Gasteiger charge is -2.38. The molecule has 0 radical (unpaired) electrons. The van der Waals surface area contributed by atoms with Gasteiger partial charge in [-0.1, -0.05) is 32.3 Å². The summed E-state index contributed by atoms with van der Waals surface area (Å²) in [7, 11) is -2.18. The zero-order valence-electron chi connectivity index (χ0n) is 22.6. The van der Waals surface area contributed by atoms with Crippen molar-refractivity contribution in [2.24, 2.45) is 5.92 Å². The summed E-state index contributed by atoms with van der Waals surface area (Å²) in [6.45, 7) is 3.76. The molecular weight excluding hydrogens is 540 g/mol. The van der Waals surface area contributed by atoms with Crippen LogP contribution in [0.5, 0.6) is 5.75 Å². The summed E-state index contributed by atoms with van der Waals surface area (Å²) < 4.78 is 34.0. The van der Waals surface area contributed by atoms with Gasteiger partial charge in [0, 0.05) is 35.5 Å². The van der Waals surface area contributed by atoms with Gasteiger partial charge in [-0.2, -0.15) is 4.31 Å². The predicted octanol–water partition coefficient (Wildman–Crippen LogP) is 4.48. The molecule has 3 N–H and O–H groups in total. The van der Waals surface area contributed by atoms with Gasteiger partial charge in [-0.3, -0.25) is 4.79 Å². The van der Waals surface area contributed by atoms with E-state index in [0.29, 0.717) is 11.4 Å². The monoisotopic (exact) mass is 584 g/mol. The number of rotatable bonds is 8. The second-order valence-corrected chi connectivity index (χ2v) is 13.7. The molecule has 220 valence electrons. The van der Waals surface area contributed by atoms with Gasteiger partial charge < -0.3 is 25.4 Å². The van der Waals surface area contributed by atoms with Crippen LogP contribution in [0.15, 0.2) is 39.9 Å². The van der Waals surface area contributed by atoms with Crippen LogP contribution in [0.4, 0.5) is 10.5 Å². The average Bonchev–Trinajstić information content (AvgIpc) is 3.47. The zero-order valence-corrected chi connectivity index (χ0v) is 24.3. The van der Waals surface area contributed by atoms with Crippen molar-refractivity contribution in [1.29, 1.82) is 0 Å². The second-order valence-electron chi connectivity index (χ2n) is 10.5. The molecule has 0 unspecified atom stereocenters. The van der Waals surface area contributed by atoms with Crippen LogP contribution < -0.4 is 15.4 Å². The number of amides is 3. The van der Waals surface area contributed by atoms with Crippen LogP contribution in [0.1, 0.15) is 60.6 Å². The van der Waals surface area contributed by atoms with E-state index in [-0.39, 0.29) is 57.6 Å². The van der Waals surface area contributed by atoms with E-state index in [2.05, 4.69) is 10.6 Å². The molecule has 3 atom stereocenters. The maximum absolute atomic E-state index is 13.6. The highest BCUT2D eigenvalue weighted by Crippen LogP contribution is 2.31. The third-order valence-electron chi connectivity index (χ3n) is 7.46. The van der Waals surface area contributed by atoms with Crippen molar-refractivity contribution in [3.8, 4) is 5.75 Å². The van der Waals surface area contributed by atoms with Gasteiger partial charge in [-0.05, 0) is 49.4 Å². The van der Waals surface area contributed by atoms with Crippen molar-refractivity contribution in [3.05, 3.63) is 41.3 Å². The van der Waals surface area contributed by atoms with E-state index in [9.17, 15) is 23.1 Å². The van der Waals surface area contributed by atoms with E-state index in [1.165, 1.54) is 17.8 Å². The molecule has 39 heavy (non-hydrogen) atoms. The lowest BCUT2D eigenvalue weighted by atomic mass is 9.96. The van der Waals surface area contributed by atoms with E-state index < -0.39 is 22.2 Å². The number of nitrogens with one attached hydrogen (secondary N) is 2. The predicted molar refractivity (Wildman–Crippen MR) is 157 cm³/mol. The first-order valence-electron chi connectivity index (χ1n) is 13.4. The molecule has 10 nitrogen and oxygen atoms in total. The number of anilines is 1. The molecule has 0 saturated heterocycles. The molecule has 4 rings (SSSR count). The van der Waals surface area contributed by atoms with Gasteiger partial charge in [0.15, 0.2) is 0 Å². The summed E-state index contributed by atoms with van der Waals surface area (Å²) in [6.07, 6.45) is 4.71. The van der Waals surface area contributed by atoms with Gasteiger partial charge in [0.1, 0.15) is 16.1 Å². The van der Waals surface area contributed by atoms with E-state index in [0.717, 1.165) is 37.0 Å². The van der Waals surface area contributed by atoms with Crippen molar-refractivity contribution >= 4 is 39.0 Å². The third-order valence-corrected chi connectivity index (χ3v) is 10.7. The van der Waals surface area contributed by atoms with Crippen LogP contribution in [0.2, 0.25) is 0 Å². The molecule has 12 heteroatoms. The van der Waals surface area contributed by atoms with Gasteiger partial charge in [0.2, 0.25) is 0 Å². The number of hydrogen-bond donors (Lipinski definition) is 3. The Hall–Kier alpha value is -2.67. The van der Waals surface area contributed by atoms with Gasteiger partial charge in [0.25, 0.3) is 15.9 Å². The number of fused-ring (bicyclic) bond motifs is 1. The normalized spacial score (nSPS) is 21.5. The number of urea groups is 1. The molecule has 0 bridgehead atoms. The Bertz CT molecular complexity index is 1260. The maximum atomic E-state index is 13.6. The summed E-state index contributed by atoms with van der Waals surface area (Å²) >= 11 is 1.15. The van der Waals surface area contributed by atoms with Gasteiger partial charge >= 0.3 is 6.03 Å². The van der Waals surface area contributed by atoms with Crippen LogP contribution in [-0.4, -0.2) is 79.6 Å². The highest BCUT2D eigenvalue weighted by Gasteiger charge is 2.35. The number of benzene rings is 1. The zero-order chi connectivity index (χ0) is 28.2. The molecular formula is C27H44N4O6S2. The molecule has 2 aliphatic rings. The number of carbonyl (C=O) groups excluding carboxylic acids is 2. The van der Waals surface area contributed by atoms with Crippen molar-refractivity contribution < 1.29 is 32.1 Å². The van der Waals surface area contributed by atoms with Gasteiger partial charge in [-0.15, -0.1) is 11.3 Å². The number of aliphatic hydroxyl groups excluding tert-OH is 1. The molecule has 1 aromatic heterocycles. The first-order chi connectivity index (χ1) is 18.6. The number of sulfonamides is 1.